The zero-order valence-electron chi connectivity index (χ0n) is 14.7. The summed E-state index contributed by atoms with van der Waals surface area (Å²) < 4.78 is 18.0. The number of hydrogen-bond donors (Lipinski definition) is 0. The van der Waals surface area contributed by atoms with Crippen LogP contribution >= 0.6 is 0 Å². The topological polar surface area (TPSA) is 58.4 Å². The molecule has 0 N–H and O–H groups in total. The maximum absolute atomic E-state index is 5.55. The Morgan fingerprint density at radius 2 is 1.83 bits per heavy atom. The Kier molecular flexibility index (Phi) is 5.26. The maximum Gasteiger partial charge on any atom is 0.171 e. The van der Waals surface area contributed by atoms with E-state index in [2.05, 4.69) is 25.9 Å². The quantitative estimate of drug-likeness (QED) is 0.819. The molecule has 0 aliphatic rings. The highest BCUT2D eigenvalue weighted by Gasteiger charge is 2.25. The van der Waals surface area contributed by atoms with Crippen LogP contribution in [0.15, 0.2) is 18.2 Å². The number of para-hydroxylation sites is 1. The minimum Gasteiger partial charge on any atom is -0.493 e. The van der Waals surface area contributed by atoms with E-state index >= 15 is 0 Å². The van der Waals surface area contributed by atoms with Gasteiger partial charge in [0.05, 0.1) is 31.9 Å². The van der Waals surface area contributed by atoms with Gasteiger partial charge in [0.1, 0.15) is 0 Å². The third-order valence-electron chi connectivity index (χ3n) is 3.46. The van der Waals surface area contributed by atoms with E-state index in [1.54, 1.807) is 21.3 Å². The monoisotopic (exact) mass is 319 g/mol. The lowest BCUT2D eigenvalue weighted by Gasteiger charge is -2.22. The van der Waals surface area contributed by atoms with E-state index in [0.29, 0.717) is 24.5 Å². The maximum atomic E-state index is 5.55. The van der Waals surface area contributed by atoms with Crippen LogP contribution in [0.3, 0.4) is 0 Å². The number of aromatic nitrogens is 3. The molecule has 1 aromatic heterocycles. The molecular formula is C17H25N3O3. The van der Waals surface area contributed by atoms with Gasteiger partial charge in [-0.05, 0) is 32.9 Å². The summed E-state index contributed by atoms with van der Waals surface area (Å²) in [5, 5.41) is 4.66. The van der Waals surface area contributed by atoms with Gasteiger partial charge in [-0.3, -0.25) is 0 Å². The number of ether oxygens (including phenoxy) is 3. The van der Waals surface area contributed by atoms with Crippen LogP contribution in [0.2, 0.25) is 0 Å². The van der Waals surface area contributed by atoms with Crippen LogP contribution in [-0.4, -0.2) is 42.7 Å². The molecule has 2 aromatic rings. The highest BCUT2D eigenvalue weighted by Crippen LogP contribution is 2.38. The second-order valence-corrected chi connectivity index (χ2v) is 6.22. The number of hydrogen-bond acceptors (Lipinski definition) is 5. The molecule has 0 unspecified atom stereocenters. The summed E-state index contributed by atoms with van der Waals surface area (Å²) in [4.78, 5) is 4.70. The normalized spacial score (nSPS) is 11.6. The standard InChI is InChI=1S/C17H25N3O3/c1-17(2,3)20-16(18-14(19-20)10-11-21-4)12-8-7-9-13(22-5)15(12)23-6/h7-9H,10-11H2,1-6H3. The van der Waals surface area contributed by atoms with Crippen LogP contribution in [0.1, 0.15) is 26.6 Å². The van der Waals surface area contributed by atoms with Gasteiger partial charge in [0, 0.05) is 13.5 Å². The van der Waals surface area contributed by atoms with Crippen molar-refractivity contribution in [3.8, 4) is 22.9 Å². The SMILES string of the molecule is COCCc1nc(-c2cccc(OC)c2OC)n(C(C)(C)C)n1. The van der Waals surface area contributed by atoms with Gasteiger partial charge < -0.3 is 14.2 Å². The smallest absolute Gasteiger partial charge is 0.171 e. The van der Waals surface area contributed by atoms with Gasteiger partial charge >= 0.3 is 0 Å². The third-order valence-corrected chi connectivity index (χ3v) is 3.46. The van der Waals surface area contributed by atoms with Crippen LogP contribution < -0.4 is 9.47 Å². The Balaban J connectivity index is 2.60. The number of methoxy groups -OCH3 is 3. The molecular weight excluding hydrogens is 294 g/mol. The van der Waals surface area contributed by atoms with E-state index < -0.39 is 0 Å². The molecule has 0 atom stereocenters. The van der Waals surface area contributed by atoms with Gasteiger partial charge in [0.15, 0.2) is 23.1 Å². The van der Waals surface area contributed by atoms with Crippen molar-refractivity contribution in [2.75, 3.05) is 27.9 Å². The van der Waals surface area contributed by atoms with Crippen LogP contribution in [0.5, 0.6) is 11.5 Å². The summed E-state index contributed by atoms with van der Waals surface area (Å²) in [7, 11) is 4.93. The van der Waals surface area contributed by atoms with Crippen LogP contribution in [-0.2, 0) is 16.7 Å². The molecule has 1 aromatic carbocycles. The van der Waals surface area contributed by atoms with E-state index in [-0.39, 0.29) is 5.54 Å². The van der Waals surface area contributed by atoms with E-state index in [1.165, 1.54) is 0 Å². The lowest BCUT2D eigenvalue weighted by atomic mass is 10.1. The van der Waals surface area contributed by atoms with Crippen LogP contribution in [0.25, 0.3) is 11.4 Å². The Bertz CT molecular complexity index is 660. The summed E-state index contributed by atoms with van der Waals surface area (Å²) in [6.07, 6.45) is 0.666. The van der Waals surface area contributed by atoms with E-state index in [4.69, 9.17) is 19.2 Å². The highest BCUT2D eigenvalue weighted by atomic mass is 16.5. The molecule has 6 nitrogen and oxygen atoms in total. The van der Waals surface area contributed by atoms with Crippen molar-refractivity contribution < 1.29 is 14.2 Å². The fourth-order valence-corrected chi connectivity index (χ4v) is 2.36. The van der Waals surface area contributed by atoms with Crippen LogP contribution in [0, 0.1) is 0 Å². The Morgan fingerprint density at radius 3 is 2.39 bits per heavy atom. The van der Waals surface area contributed by atoms with Gasteiger partial charge in [0.25, 0.3) is 0 Å². The first-order valence-corrected chi connectivity index (χ1v) is 7.59. The fourth-order valence-electron chi connectivity index (χ4n) is 2.36. The van der Waals surface area contributed by atoms with E-state index in [0.717, 1.165) is 17.2 Å². The minimum absolute atomic E-state index is 0.207. The summed E-state index contributed by atoms with van der Waals surface area (Å²) in [6.45, 7) is 6.87. The zero-order valence-corrected chi connectivity index (χ0v) is 14.7. The Labute approximate surface area is 137 Å². The van der Waals surface area contributed by atoms with E-state index in [1.807, 2.05) is 22.9 Å². The van der Waals surface area contributed by atoms with Crippen molar-refractivity contribution in [2.45, 2.75) is 32.7 Å². The zero-order chi connectivity index (χ0) is 17.0. The van der Waals surface area contributed by atoms with E-state index in [9.17, 15) is 0 Å². The predicted octanol–water partition coefficient (Wildman–Crippen LogP) is 2.91. The van der Waals surface area contributed by atoms with Gasteiger partial charge in [-0.2, -0.15) is 5.10 Å². The number of nitrogens with zero attached hydrogens (tertiary/aromatic N) is 3. The first kappa shape index (κ1) is 17.3. The molecule has 0 saturated heterocycles. The van der Waals surface area contributed by atoms with Crippen LogP contribution in [0.4, 0.5) is 0 Å². The lowest BCUT2D eigenvalue weighted by Crippen LogP contribution is -2.24. The highest BCUT2D eigenvalue weighted by molar-refractivity contribution is 5.69. The molecule has 0 spiro atoms. The minimum atomic E-state index is -0.207. The summed E-state index contributed by atoms with van der Waals surface area (Å²) in [5.41, 5.74) is 0.653. The van der Waals surface area contributed by atoms with Crippen molar-refractivity contribution in [1.29, 1.82) is 0 Å². The molecule has 23 heavy (non-hydrogen) atoms. The number of rotatable bonds is 6. The largest absolute Gasteiger partial charge is 0.493 e. The third kappa shape index (κ3) is 3.64. The molecule has 126 valence electrons. The molecule has 2 rings (SSSR count). The molecule has 0 amide bonds. The van der Waals surface area contributed by atoms with Crippen molar-refractivity contribution >= 4 is 0 Å². The number of benzene rings is 1. The molecule has 0 bridgehead atoms. The Hall–Kier alpha value is -2.08. The van der Waals surface area contributed by atoms with Crippen molar-refractivity contribution in [3.05, 3.63) is 24.0 Å². The van der Waals surface area contributed by atoms with Gasteiger partial charge in [-0.1, -0.05) is 6.07 Å². The summed E-state index contributed by atoms with van der Waals surface area (Å²) >= 11 is 0. The Morgan fingerprint density at radius 1 is 1.09 bits per heavy atom. The summed E-state index contributed by atoms with van der Waals surface area (Å²) in [6, 6.07) is 5.76. The average molecular weight is 319 g/mol. The molecule has 0 fully saturated rings. The van der Waals surface area contributed by atoms with Crippen molar-refractivity contribution in [2.24, 2.45) is 0 Å². The average Bonchev–Trinajstić information content (AvgIpc) is 2.96. The molecule has 0 saturated carbocycles. The van der Waals surface area contributed by atoms with Crippen molar-refractivity contribution in [1.82, 2.24) is 14.8 Å². The van der Waals surface area contributed by atoms with Gasteiger partial charge in [-0.25, -0.2) is 9.67 Å². The van der Waals surface area contributed by atoms with Gasteiger partial charge in [-0.15, -0.1) is 0 Å². The molecule has 0 aliphatic carbocycles. The lowest BCUT2D eigenvalue weighted by molar-refractivity contribution is 0.200. The van der Waals surface area contributed by atoms with Gasteiger partial charge in [0.2, 0.25) is 0 Å². The molecule has 6 heteroatoms. The fraction of sp³-hybridized carbons (Fsp3) is 0.529. The predicted molar refractivity (Wildman–Crippen MR) is 89.1 cm³/mol. The summed E-state index contributed by atoms with van der Waals surface area (Å²) in [5.74, 6) is 2.85. The molecule has 0 aliphatic heterocycles. The first-order chi connectivity index (χ1) is 10.9. The first-order valence-electron chi connectivity index (χ1n) is 7.59. The van der Waals surface area contributed by atoms with Crippen molar-refractivity contribution in [3.63, 3.8) is 0 Å². The second-order valence-electron chi connectivity index (χ2n) is 6.22. The molecule has 1 heterocycles. The second kappa shape index (κ2) is 7.00. The molecule has 0 radical (unpaired) electrons.